The molecule has 0 radical (unpaired) electrons. The number of hydrogen-bond acceptors (Lipinski definition) is 3. The Morgan fingerprint density at radius 2 is 1.50 bits per heavy atom. The average molecular weight is 634 g/mol. The highest BCUT2D eigenvalue weighted by atomic mass is 32.2. The van der Waals surface area contributed by atoms with Crippen molar-refractivity contribution in [2.24, 2.45) is 5.92 Å². The molecule has 6 rings (SSSR count). The summed E-state index contributed by atoms with van der Waals surface area (Å²) in [5.41, 5.74) is 8.31. The summed E-state index contributed by atoms with van der Waals surface area (Å²) in [6, 6.07) is 26.4. The molecule has 0 bridgehead atoms. The van der Waals surface area contributed by atoms with Gasteiger partial charge in [-0.3, -0.25) is 0 Å². The molecule has 3 aliphatic rings. The van der Waals surface area contributed by atoms with Gasteiger partial charge in [-0.2, -0.15) is 4.58 Å². The molecule has 0 aromatic heterocycles. The predicted octanol–water partition coefficient (Wildman–Crippen LogP) is 9.30. The lowest BCUT2D eigenvalue weighted by molar-refractivity contribution is -0.437. The van der Waals surface area contributed by atoms with Crippen molar-refractivity contribution >= 4 is 26.9 Å². The van der Waals surface area contributed by atoms with Gasteiger partial charge in [-0.1, -0.05) is 100 Å². The van der Waals surface area contributed by atoms with Crippen LogP contribution in [0.2, 0.25) is 0 Å². The Morgan fingerprint density at radius 3 is 2.22 bits per heavy atom. The Kier molecular flexibility index (Phi) is 8.75. The summed E-state index contributed by atoms with van der Waals surface area (Å²) >= 11 is 0. The second kappa shape index (κ2) is 12.5. The highest BCUT2D eigenvalue weighted by molar-refractivity contribution is 7.92. The molecule has 0 spiro atoms. The molecule has 2 heterocycles. The van der Waals surface area contributed by atoms with Gasteiger partial charge in [0.25, 0.3) is 0 Å². The van der Waals surface area contributed by atoms with Crippen LogP contribution in [-0.2, 0) is 20.7 Å². The summed E-state index contributed by atoms with van der Waals surface area (Å²) in [7, 11) is -3.63. The van der Waals surface area contributed by atoms with Crippen LogP contribution in [0.4, 0.5) is 11.4 Å². The zero-order valence-corrected chi connectivity index (χ0v) is 29.1. The van der Waals surface area contributed by atoms with Crippen molar-refractivity contribution in [3.63, 3.8) is 0 Å². The topological polar surface area (TPSA) is 40.4 Å². The van der Waals surface area contributed by atoms with Crippen LogP contribution >= 0.6 is 0 Å². The summed E-state index contributed by atoms with van der Waals surface area (Å²) in [6.07, 6.45) is 12.5. The normalized spacial score (nSPS) is 23.6. The van der Waals surface area contributed by atoms with Crippen molar-refractivity contribution in [3.8, 4) is 0 Å². The molecule has 0 saturated heterocycles. The predicted molar refractivity (Wildman–Crippen MR) is 192 cm³/mol. The van der Waals surface area contributed by atoms with Crippen LogP contribution in [0, 0.1) is 5.92 Å². The van der Waals surface area contributed by atoms with E-state index in [4.69, 9.17) is 0 Å². The first kappa shape index (κ1) is 32.2. The largest absolute Gasteiger partial charge is 0.344 e. The summed E-state index contributed by atoms with van der Waals surface area (Å²) < 4.78 is 31.4. The van der Waals surface area contributed by atoms with E-state index in [1.807, 2.05) is 18.2 Å². The summed E-state index contributed by atoms with van der Waals surface area (Å²) in [4.78, 5) is 2.83. The maximum absolute atomic E-state index is 14.5. The zero-order chi connectivity index (χ0) is 32.7. The molecule has 1 saturated carbocycles. The van der Waals surface area contributed by atoms with Crippen LogP contribution < -0.4 is 4.90 Å². The Morgan fingerprint density at radius 1 is 0.826 bits per heavy atom. The fraction of sp³-hybridized carbons (Fsp3) is 0.390. The summed E-state index contributed by atoms with van der Waals surface area (Å²) in [5, 5.41) is -0.610. The maximum atomic E-state index is 14.5. The number of rotatable bonds is 9. The second-order valence-corrected chi connectivity index (χ2v) is 16.2. The third-order valence-electron chi connectivity index (χ3n) is 10.4. The highest BCUT2D eigenvalue weighted by Gasteiger charge is 2.45. The summed E-state index contributed by atoms with van der Waals surface area (Å²) in [6.45, 7) is 15.4. The van der Waals surface area contributed by atoms with E-state index in [-0.39, 0.29) is 16.7 Å². The van der Waals surface area contributed by atoms with Gasteiger partial charge in [-0.25, -0.2) is 8.42 Å². The molecular weight excluding hydrogens is 585 g/mol. The molecule has 2 aliphatic heterocycles. The monoisotopic (exact) mass is 633 g/mol. The minimum absolute atomic E-state index is 0.120. The van der Waals surface area contributed by atoms with Crippen molar-refractivity contribution in [2.45, 2.75) is 88.2 Å². The van der Waals surface area contributed by atoms with E-state index in [0.29, 0.717) is 4.90 Å². The van der Waals surface area contributed by atoms with Crippen LogP contribution in [0.3, 0.4) is 0 Å². The van der Waals surface area contributed by atoms with Crippen molar-refractivity contribution in [1.82, 2.24) is 0 Å². The average Bonchev–Trinajstić information content (AvgIpc) is 3.63. The molecular formula is C41H49N2O2S+. The van der Waals surface area contributed by atoms with Gasteiger partial charge in [-0.15, -0.1) is 0 Å². The van der Waals surface area contributed by atoms with E-state index >= 15 is 0 Å². The molecule has 46 heavy (non-hydrogen) atoms. The molecule has 3 aromatic carbocycles. The van der Waals surface area contributed by atoms with Crippen molar-refractivity contribution in [2.75, 3.05) is 18.0 Å². The van der Waals surface area contributed by atoms with Gasteiger partial charge in [0.15, 0.2) is 15.5 Å². The van der Waals surface area contributed by atoms with Gasteiger partial charge in [0.1, 0.15) is 6.54 Å². The number of anilines is 1. The van der Waals surface area contributed by atoms with Crippen LogP contribution in [0.25, 0.3) is 0 Å². The number of hydrogen-bond donors (Lipinski definition) is 0. The molecule has 1 fully saturated rings. The van der Waals surface area contributed by atoms with Crippen molar-refractivity contribution in [3.05, 3.63) is 126 Å². The highest BCUT2D eigenvalue weighted by Crippen LogP contribution is 2.48. The number of nitrogens with zero attached hydrogens (tertiary/aromatic N) is 2. The molecule has 1 unspecified atom stereocenters. The van der Waals surface area contributed by atoms with Crippen LogP contribution in [-0.4, -0.2) is 37.0 Å². The second-order valence-electron chi connectivity index (χ2n) is 14.1. The fourth-order valence-electron chi connectivity index (χ4n) is 8.08. The van der Waals surface area contributed by atoms with Crippen molar-refractivity contribution < 1.29 is 13.0 Å². The van der Waals surface area contributed by atoms with E-state index in [1.54, 1.807) is 12.1 Å². The van der Waals surface area contributed by atoms with Gasteiger partial charge in [0, 0.05) is 47.5 Å². The van der Waals surface area contributed by atoms with E-state index in [1.165, 1.54) is 33.9 Å². The van der Waals surface area contributed by atoms with E-state index < -0.39 is 15.1 Å². The molecule has 4 nitrogen and oxygen atoms in total. The first-order valence-corrected chi connectivity index (χ1v) is 18.6. The molecule has 0 amide bonds. The third-order valence-corrected chi connectivity index (χ3v) is 12.6. The Hall–Kier alpha value is -3.70. The summed E-state index contributed by atoms with van der Waals surface area (Å²) in [5.74, 6) is -0.120. The minimum Gasteiger partial charge on any atom is -0.344 e. The molecule has 0 N–H and O–H groups in total. The zero-order valence-electron chi connectivity index (χ0n) is 28.3. The Balaban J connectivity index is 1.42. The number of benzene rings is 3. The fourth-order valence-corrected chi connectivity index (χ4v) is 10.2. The number of fused-ring (bicyclic) bond motifs is 2. The Labute approximate surface area is 276 Å². The lowest BCUT2D eigenvalue weighted by atomic mass is 9.81. The number of allylic oxidation sites excluding steroid dienone is 5. The smallest absolute Gasteiger partial charge is 0.209 e. The Bertz CT molecular complexity index is 1840. The molecule has 5 heteroatoms. The van der Waals surface area contributed by atoms with Gasteiger partial charge >= 0.3 is 0 Å². The van der Waals surface area contributed by atoms with Crippen LogP contribution in [0.15, 0.2) is 119 Å². The van der Waals surface area contributed by atoms with Crippen LogP contribution in [0.5, 0.6) is 0 Å². The lowest BCUT2D eigenvalue weighted by Gasteiger charge is -2.27. The first-order chi connectivity index (χ1) is 22.0. The quantitative estimate of drug-likeness (QED) is 0.221. The molecule has 240 valence electrons. The SMILES string of the molecule is CCCN1/C(=C/C=C2\CCC(/C=C/C3=[N+](CCC)c4ccccc4C3(C)C)[C@@H]2S(=O)(=O)c2ccccc2)C(C)(C)c2ccccc21. The molecule has 2 atom stereocenters. The van der Waals surface area contributed by atoms with Gasteiger partial charge in [-0.05, 0) is 68.9 Å². The lowest BCUT2D eigenvalue weighted by Crippen LogP contribution is -2.29. The first-order valence-electron chi connectivity index (χ1n) is 17.0. The van der Waals surface area contributed by atoms with E-state index in [0.717, 1.165) is 44.3 Å². The van der Waals surface area contributed by atoms with E-state index in [9.17, 15) is 8.42 Å². The standard InChI is InChI=1S/C41H49N2O2S/c1-7-28-42-35-20-14-12-18-33(35)40(3,4)37(42)26-24-30-22-23-31(39(30)46(44,45)32-16-10-9-11-17-32)25-27-38-41(5,6)34-19-13-15-21-36(34)43(38)29-8-2/h9-21,24-27,30,39H,7-8,22-23,28-29H2,1-6H3/q+1/b26-24+,31-25+,38-27+/t30?,39-/m0/s1. The molecule has 3 aromatic rings. The van der Waals surface area contributed by atoms with Gasteiger partial charge in [0.2, 0.25) is 5.69 Å². The van der Waals surface area contributed by atoms with Gasteiger partial charge < -0.3 is 4.90 Å². The van der Waals surface area contributed by atoms with E-state index in [2.05, 4.69) is 124 Å². The third kappa shape index (κ3) is 5.41. The van der Waals surface area contributed by atoms with Crippen molar-refractivity contribution in [1.29, 1.82) is 0 Å². The molecule has 1 aliphatic carbocycles. The van der Waals surface area contributed by atoms with Gasteiger partial charge in [0.05, 0.1) is 15.6 Å². The number of sulfone groups is 1. The maximum Gasteiger partial charge on any atom is 0.209 e. The minimum atomic E-state index is -3.63. The number of para-hydroxylation sites is 2. The van der Waals surface area contributed by atoms with Crippen LogP contribution in [0.1, 0.15) is 78.4 Å².